The van der Waals surface area contributed by atoms with Crippen molar-refractivity contribution >= 4 is 11.8 Å². The highest BCUT2D eigenvalue weighted by atomic mass is 32.2. The summed E-state index contributed by atoms with van der Waals surface area (Å²) in [5.41, 5.74) is 4.03. The van der Waals surface area contributed by atoms with Crippen molar-refractivity contribution in [3.05, 3.63) is 46.0 Å². The van der Waals surface area contributed by atoms with Crippen molar-refractivity contribution in [3.63, 3.8) is 0 Å². The second kappa shape index (κ2) is 6.15. The van der Waals surface area contributed by atoms with Crippen molar-refractivity contribution in [1.82, 2.24) is 4.90 Å². The molecule has 0 aromatic rings. The monoisotopic (exact) mass is 249 g/mol. The molecule has 17 heavy (non-hydrogen) atoms. The van der Waals surface area contributed by atoms with Crippen molar-refractivity contribution in [2.45, 2.75) is 34.6 Å². The quantitative estimate of drug-likeness (QED) is 0.651. The third-order valence-electron chi connectivity index (χ3n) is 2.73. The van der Waals surface area contributed by atoms with Crippen LogP contribution in [-0.2, 0) is 0 Å². The van der Waals surface area contributed by atoms with Crippen LogP contribution in [0.15, 0.2) is 46.0 Å². The van der Waals surface area contributed by atoms with Crippen molar-refractivity contribution in [2.75, 3.05) is 6.54 Å². The van der Waals surface area contributed by atoms with E-state index < -0.39 is 0 Å². The molecule has 1 aliphatic rings. The van der Waals surface area contributed by atoms with E-state index >= 15 is 0 Å². The van der Waals surface area contributed by atoms with Gasteiger partial charge in [-0.2, -0.15) is 0 Å². The minimum absolute atomic E-state index is 0.525. The molecule has 0 fully saturated rings. The fourth-order valence-electron chi connectivity index (χ4n) is 1.79. The summed E-state index contributed by atoms with van der Waals surface area (Å²) < 4.78 is 0. The number of rotatable bonds is 4. The molecule has 0 N–H and O–H groups in total. The zero-order valence-corrected chi connectivity index (χ0v) is 12.4. The van der Waals surface area contributed by atoms with Gasteiger partial charge in [0.1, 0.15) is 0 Å². The van der Waals surface area contributed by atoms with Gasteiger partial charge in [-0.15, -0.1) is 0 Å². The topological polar surface area (TPSA) is 3.24 Å². The highest BCUT2D eigenvalue weighted by Gasteiger charge is 2.22. The first-order chi connectivity index (χ1) is 7.97. The van der Waals surface area contributed by atoms with Gasteiger partial charge < -0.3 is 4.90 Å². The first kappa shape index (κ1) is 14.2. The third-order valence-corrected chi connectivity index (χ3v) is 3.56. The van der Waals surface area contributed by atoms with Crippen LogP contribution in [-0.4, -0.2) is 11.4 Å². The van der Waals surface area contributed by atoms with E-state index in [0.29, 0.717) is 5.92 Å². The SMILES string of the molecule is C=C1SC=C(/C(=C/C=C(C)C)C(C)C)N1CC. The lowest BCUT2D eigenvalue weighted by atomic mass is 9.99. The molecule has 2 heteroatoms. The number of hydrogen-bond acceptors (Lipinski definition) is 2. The van der Waals surface area contributed by atoms with Crippen LogP contribution in [0.3, 0.4) is 0 Å². The maximum Gasteiger partial charge on any atom is 0.0722 e. The Hall–Kier alpha value is -0.890. The highest BCUT2D eigenvalue weighted by Crippen LogP contribution is 2.38. The molecule has 0 spiro atoms. The van der Waals surface area contributed by atoms with Crippen LogP contribution in [0.2, 0.25) is 0 Å². The van der Waals surface area contributed by atoms with E-state index in [-0.39, 0.29) is 0 Å². The molecule has 0 radical (unpaired) electrons. The van der Waals surface area contributed by atoms with Gasteiger partial charge in [-0.05, 0) is 32.3 Å². The molecule has 1 nitrogen and oxygen atoms in total. The molecular weight excluding hydrogens is 226 g/mol. The summed E-state index contributed by atoms with van der Waals surface area (Å²) >= 11 is 1.73. The smallest absolute Gasteiger partial charge is 0.0722 e. The normalized spacial score (nSPS) is 16.6. The van der Waals surface area contributed by atoms with Gasteiger partial charge in [0, 0.05) is 12.0 Å². The van der Waals surface area contributed by atoms with Crippen molar-refractivity contribution in [1.29, 1.82) is 0 Å². The molecule has 0 aliphatic carbocycles. The van der Waals surface area contributed by atoms with E-state index in [4.69, 9.17) is 0 Å². The van der Waals surface area contributed by atoms with E-state index in [0.717, 1.165) is 11.6 Å². The first-order valence-corrected chi connectivity index (χ1v) is 7.04. The second-order valence-corrected chi connectivity index (χ2v) is 5.72. The zero-order valence-electron chi connectivity index (χ0n) is 11.6. The summed E-state index contributed by atoms with van der Waals surface area (Å²) in [7, 11) is 0. The lowest BCUT2D eigenvalue weighted by molar-refractivity contribution is 0.485. The number of allylic oxidation sites excluding steroid dienone is 4. The molecule has 0 atom stereocenters. The van der Waals surface area contributed by atoms with E-state index in [1.54, 1.807) is 11.8 Å². The summed E-state index contributed by atoms with van der Waals surface area (Å²) in [6, 6.07) is 0. The lowest BCUT2D eigenvalue weighted by Crippen LogP contribution is -2.19. The summed E-state index contributed by atoms with van der Waals surface area (Å²) in [6.07, 6.45) is 4.43. The number of hydrogen-bond donors (Lipinski definition) is 0. The van der Waals surface area contributed by atoms with Gasteiger partial charge in [0.05, 0.1) is 10.7 Å². The van der Waals surface area contributed by atoms with Crippen molar-refractivity contribution in [3.8, 4) is 0 Å². The molecule has 0 bridgehead atoms. The van der Waals surface area contributed by atoms with Crippen LogP contribution in [0, 0.1) is 5.92 Å². The number of likely N-dealkylation sites (N-methyl/N-ethyl adjacent to an activating group) is 1. The number of thioether (sulfide) groups is 1. The van der Waals surface area contributed by atoms with Crippen molar-refractivity contribution in [2.24, 2.45) is 5.92 Å². The van der Waals surface area contributed by atoms with Gasteiger partial charge >= 0.3 is 0 Å². The molecular formula is C15H23NS. The predicted molar refractivity (Wildman–Crippen MR) is 79.5 cm³/mol. The Morgan fingerprint density at radius 3 is 2.53 bits per heavy atom. The van der Waals surface area contributed by atoms with Crippen LogP contribution < -0.4 is 0 Å². The maximum atomic E-state index is 4.09. The molecule has 0 aromatic carbocycles. The molecule has 1 heterocycles. The first-order valence-electron chi connectivity index (χ1n) is 6.16. The van der Waals surface area contributed by atoms with Gasteiger partial charge in [0.2, 0.25) is 0 Å². The average Bonchev–Trinajstić information content (AvgIpc) is 2.59. The van der Waals surface area contributed by atoms with E-state index in [2.05, 4.69) is 63.7 Å². The average molecular weight is 249 g/mol. The van der Waals surface area contributed by atoms with Crippen LogP contribution >= 0.6 is 11.8 Å². The predicted octanol–water partition coefficient (Wildman–Crippen LogP) is 4.92. The number of nitrogens with zero attached hydrogens (tertiary/aromatic N) is 1. The van der Waals surface area contributed by atoms with E-state index in [9.17, 15) is 0 Å². The largest absolute Gasteiger partial charge is 0.336 e. The molecule has 94 valence electrons. The van der Waals surface area contributed by atoms with Gasteiger partial charge in [0.25, 0.3) is 0 Å². The Bertz CT molecular complexity index is 382. The Balaban J connectivity index is 3.05. The lowest BCUT2D eigenvalue weighted by Gasteiger charge is -2.24. The summed E-state index contributed by atoms with van der Waals surface area (Å²) in [4.78, 5) is 2.29. The summed E-state index contributed by atoms with van der Waals surface area (Å²) in [5.74, 6) is 0.525. The third kappa shape index (κ3) is 3.53. The van der Waals surface area contributed by atoms with E-state index in [1.165, 1.54) is 16.8 Å². The zero-order chi connectivity index (χ0) is 13.0. The fourth-order valence-corrected chi connectivity index (χ4v) is 2.65. The fraction of sp³-hybridized carbons (Fsp3) is 0.467. The Morgan fingerprint density at radius 1 is 1.41 bits per heavy atom. The summed E-state index contributed by atoms with van der Waals surface area (Å²) in [5, 5.41) is 3.35. The van der Waals surface area contributed by atoms with Crippen molar-refractivity contribution < 1.29 is 0 Å². The van der Waals surface area contributed by atoms with Gasteiger partial charge in [-0.3, -0.25) is 0 Å². The molecule has 1 rings (SSSR count). The maximum absolute atomic E-state index is 4.09. The van der Waals surface area contributed by atoms with Gasteiger partial charge in [-0.25, -0.2) is 0 Å². The van der Waals surface area contributed by atoms with Crippen LogP contribution in [0.25, 0.3) is 0 Å². The van der Waals surface area contributed by atoms with Gasteiger partial charge in [-0.1, -0.05) is 49.9 Å². The molecule has 1 aliphatic heterocycles. The Kier molecular flexibility index (Phi) is 5.13. The van der Waals surface area contributed by atoms with Crippen LogP contribution in [0.1, 0.15) is 34.6 Å². The second-order valence-electron chi connectivity index (χ2n) is 4.78. The highest BCUT2D eigenvalue weighted by molar-refractivity contribution is 8.06. The Morgan fingerprint density at radius 2 is 2.06 bits per heavy atom. The molecule has 0 saturated heterocycles. The summed E-state index contributed by atoms with van der Waals surface area (Å²) in [6.45, 7) is 16.0. The minimum atomic E-state index is 0.525. The molecule has 0 aromatic heterocycles. The Labute approximate surface area is 110 Å². The molecule has 0 amide bonds. The van der Waals surface area contributed by atoms with Gasteiger partial charge in [0.15, 0.2) is 0 Å². The minimum Gasteiger partial charge on any atom is -0.336 e. The molecule has 0 unspecified atom stereocenters. The van der Waals surface area contributed by atoms with Crippen LogP contribution in [0.4, 0.5) is 0 Å². The van der Waals surface area contributed by atoms with E-state index in [1.807, 2.05) is 0 Å². The standard InChI is InChI=1S/C15H23NS/c1-7-16-13(6)17-10-15(16)14(12(4)5)9-8-11(2)3/h8-10,12H,6-7H2,1-5H3/b14-9+. The van der Waals surface area contributed by atoms with Crippen LogP contribution in [0.5, 0.6) is 0 Å². The molecule has 0 saturated carbocycles.